The maximum Gasteiger partial charge on any atom is 0.416 e. The second-order valence-corrected chi connectivity index (χ2v) is 8.74. The fourth-order valence-corrected chi connectivity index (χ4v) is 4.57. The van der Waals surface area contributed by atoms with Crippen LogP contribution in [0.15, 0.2) is 60.5 Å². The number of fused-ring (bicyclic) bond motifs is 3. The first kappa shape index (κ1) is 23.4. The van der Waals surface area contributed by atoms with Gasteiger partial charge in [0.05, 0.1) is 18.2 Å². The van der Waals surface area contributed by atoms with Crippen LogP contribution in [0.25, 0.3) is 0 Å². The van der Waals surface area contributed by atoms with Gasteiger partial charge < -0.3 is 19.3 Å². The molecule has 1 aromatic rings. The number of nitrogens with zero attached hydrogens (tertiary/aromatic N) is 2. The summed E-state index contributed by atoms with van der Waals surface area (Å²) in [5.41, 5.74) is 0.732. The molecule has 1 aromatic carbocycles. The first-order valence-electron chi connectivity index (χ1n) is 11.2. The van der Waals surface area contributed by atoms with Crippen LogP contribution in [0.1, 0.15) is 30.9 Å². The Balaban J connectivity index is 1.52. The number of piperazine rings is 1. The van der Waals surface area contributed by atoms with Gasteiger partial charge in [0.15, 0.2) is 0 Å². The minimum atomic E-state index is -4.43. The van der Waals surface area contributed by atoms with Gasteiger partial charge in [-0.1, -0.05) is 37.8 Å². The highest BCUT2D eigenvalue weighted by Crippen LogP contribution is 2.48. The van der Waals surface area contributed by atoms with Gasteiger partial charge in [-0.2, -0.15) is 13.2 Å². The number of carbonyl (C=O) groups excluding carboxylic acids is 1. The zero-order valence-corrected chi connectivity index (χ0v) is 18.8. The van der Waals surface area contributed by atoms with Crippen LogP contribution in [0.3, 0.4) is 0 Å². The molecule has 4 atom stereocenters. The van der Waals surface area contributed by atoms with Gasteiger partial charge in [-0.25, -0.2) is 0 Å². The molecular formula is C25H29F3N2O3. The zero-order valence-electron chi connectivity index (χ0n) is 18.8. The van der Waals surface area contributed by atoms with Gasteiger partial charge in [-0.05, 0) is 36.6 Å². The van der Waals surface area contributed by atoms with Gasteiger partial charge in [-0.15, -0.1) is 0 Å². The van der Waals surface area contributed by atoms with Gasteiger partial charge in [0, 0.05) is 31.3 Å². The minimum Gasteiger partial charge on any atom is -0.492 e. The molecule has 33 heavy (non-hydrogen) atoms. The van der Waals surface area contributed by atoms with Crippen LogP contribution >= 0.6 is 0 Å². The Labute approximate surface area is 192 Å². The maximum atomic E-state index is 13.2. The van der Waals surface area contributed by atoms with Crippen molar-refractivity contribution in [1.29, 1.82) is 0 Å². The van der Waals surface area contributed by atoms with E-state index in [0.29, 0.717) is 23.3 Å². The summed E-state index contributed by atoms with van der Waals surface area (Å²) in [6, 6.07) is 5.11. The lowest BCUT2D eigenvalue weighted by molar-refractivity contribution is -0.139. The van der Waals surface area contributed by atoms with Crippen molar-refractivity contribution >= 4 is 5.91 Å². The van der Waals surface area contributed by atoms with Gasteiger partial charge in [0.1, 0.15) is 18.4 Å². The number of alkyl halides is 3. The van der Waals surface area contributed by atoms with Gasteiger partial charge in [0.25, 0.3) is 0 Å². The number of allylic oxidation sites excluding steroid dienone is 1. The van der Waals surface area contributed by atoms with Crippen molar-refractivity contribution in [1.82, 2.24) is 9.80 Å². The summed E-state index contributed by atoms with van der Waals surface area (Å²) in [5.74, 6) is 0.772. The largest absolute Gasteiger partial charge is 0.492 e. The third-order valence-electron chi connectivity index (χ3n) is 6.50. The van der Waals surface area contributed by atoms with E-state index in [0.717, 1.165) is 30.7 Å². The van der Waals surface area contributed by atoms with Crippen LogP contribution < -0.4 is 0 Å². The number of carbonyl (C=O) groups is 1. The fourth-order valence-electron chi connectivity index (χ4n) is 4.57. The lowest BCUT2D eigenvalue weighted by atomic mass is 10.0. The second kappa shape index (κ2) is 9.25. The molecule has 3 unspecified atom stereocenters. The van der Waals surface area contributed by atoms with Crippen molar-refractivity contribution in [2.75, 3.05) is 20.3 Å². The Morgan fingerprint density at radius 3 is 2.85 bits per heavy atom. The first-order valence-corrected chi connectivity index (χ1v) is 11.2. The van der Waals surface area contributed by atoms with E-state index in [4.69, 9.17) is 9.47 Å². The standard InChI is InChI=1S/C25H29F3N2O3/c1-4-20(32-3)9-8-16(2)33-15-23-22-12-18-11-21(18)29(22)14-24(31)30(23)13-17-6-5-7-19(10-17)25(26,27)28/h5-10,12,18,20-21,23H,2,4,11,13-15H2,1,3H3/b9-8-/t18?,20?,21?,23-/m0/s1. The van der Waals surface area contributed by atoms with Crippen LogP contribution in [0.2, 0.25) is 0 Å². The molecule has 8 heteroatoms. The van der Waals surface area contributed by atoms with E-state index in [-0.39, 0.29) is 37.7 Å². The third kappa shape index (κ3) is 5.11. The van der Waals surface area contributed by atoms with E-state index in [1.165, 1.54) is 6.07 Å². The number of hydrogen-bond donors (Lipinski definition) is 0. The number of benzene rings is 1. The average Bonchev–Trinajstić information content (AvgIpc) is 3.46. The molecule has 0 radical (unpaired) electrons. The van der Waals surface area contributed by atoms with E-state index < -0.39 is 11.7 Å². The molecule has 1 amide bonds. The Kier molecular flexibility index (Phi) is 6.56. The molecule has 5 nitrogen and oxygen atoms in total. The predicted molar refractivity (Wildman–Crippen MR) is 118 cm³/mol. The number of halogens is 3. The van der Waals surface area contributed by atoms with E-state index in [9.17, 15) is 18.0 Å². The van der Waals surface area contributed by atoms with Crippen LogP contribution in [0.4, 0.5) is 13.2 Å². The van der Waals surface area contributed by atoms with Crippen molar-refractivity contribution in [3.05, 3.63) is 71.7 Å². The van der Waals surface area contributed by atoms with Crippen molar-refractivity contribution in [2.24, 2.45) is 5.92 Å². The van der Waals surface area contributed by atoms with Crippen molar-refractivity contribution in [2.45, 2.75) is 50.7 Å². The molecule has 2 heterocycles. The lowest BCUT2D eigenvalue weighted by Gasteiger charge is -2.43. The normalized spacial score (nSPS) is 25.1. The SMILES string of the molecule is C=C(/C=C\C(CC)OC)OC[C@H]1C2=CC3CC3N2CC(=O)N1Cc1cccc(C(F)(F)F)c1. The van der Waals surface area contributed by atoms with E-state index in [1.807, 2.05) is 13.0 Å². The molecule has 0 spiro atoms. The highest BCUT2D eigenvalue weighted by Gasteiger charge is 2.52. The van der Waals surface area contributed by atoms with Crippen molar-refractivity contribution in [3.63, 3.8) is 0 Å². The molecule has 0 aromatic heterocycles. The lowest BCUT2D eigenvalue weighted by Crippen LogP contribution is -2.55. The molecular weight excluding hydrogens is 433 g/mol. The van der Waals surface area contributed by atoms with E-state index in [2.05, 4.69) is 17.6 Å². The summed E-state index contributed by atoms with van der Waals surface area (Å²) in [6.07, 6.45) is 3.18. The Morgan fingerprint density at radius 2 is 2.15 bits per heavy atom. The van der Waals surface area contributed by atoms with Crippen molar-refractivity contribution < 1.29 is 27.4 Å². The number of amides is 1. The topological polar surface area (TPSA) is 42.0 Å². The number of hydrogen-bond acceptors (Lipinski definition) is 4. The molecule has 1 saturated heterocycles. The Bertz CT molecular complexity index is 968. The van der Waals surface area contributed by atoms with Crippen LogP contribution in [-0.4, -0.2) is 54.2 Å². The van der Waals surface area contributed by atoms with Crippen LogP contribution in [-0.2, 0) is 27.0 Å². The Hall–Kier alpha value is -2.74. The quantitative estimate of drug-likeness (QED) is 0.400. The summed E-state index contributed by atoms with van der Waals surface area (Å²) in [6.45, 7) is 6.45. The van der Waals surface area contributed by atoms with Crippen molar-refractivity contribution in [3.8, 4) is 0 Å². The summed E-state index contributed by atoms with van der Waals surface area (Å²) in [4.78, 5) is 16.8. The summed E-state index contributed by atoms with van der Waals surface area (Å²) < 4.78 is 50.7. The van der Waals surface area contributed by atoms with Gasteiger partial charge >= 0.3 is 6.18 Å². The van der Waals surface area contributed by atoms with Gasteiger partial charge in [-0.3, -0.25) is 4.79 Å². The van der Waals surface area contributed by atoms with Crippen LogP contribution in [0.5, 0.6) is 0 Å². The number of rotatable bonds is 9. The zero-order chi connectivity index (χ0) is 23.8. The highest BCUT2D eigenvalue weighted by atomic mass is 19.4. The molecule has 3 aliphatic rings. The molecule has 1 aliphatic carbocycles. The summed E-state index contributed by atoms with van der Waals surface area (Å²) in [7, 11) is 1.63. The maximum absolute atomic E-state index is 13.2. The fraction of sp³-hybridized carbons (Fsp3) is 0.480. The molecule has 2 fully saturated rings. The molecule has 1 saturated carbocycles. The number of methoxy groups -OCH3 is 1. The average molecular weight is 463 g/mol. The monoisotopic (exact) mass is 462 g/mol. The molecule has 178 valence electrons. The second-order valence-electron chi connectivity index (χ2n) is 8.74. The Morgan fingerprint density at radius 1 is 1.36 bits per heavy atom. The van der Waals surface area contributed by atoms with Crippen LogP contribution in [0, 0.1) is 5.92 Å². The van der Waals surface area contributed by atoms with E-state index >= 15 is 0 Å². The third-order valence-corrected chi connectivity index (χ3v) is 6.50. The first-order chi connectivity index (χ1) is 15.7. The predicted octanol–water partition coefficient (Wildman–Crippen LogP) is 4.52. The van der Waals surface area contributed by atoms with Gasteiger partial charge in [0.2, 0.25) is 5.91 Å². The molecule has 0 bridgehead atoms. The molecule has 2 aliphatic heterocycles. The summed E-state index contributed by atoms with van der Waals surface area (Å²) >= 11 is 0. The highest BCUT2D eigenvalue weighted by molar-refractivity contribution is 5.81. The molecule has 4 rings (SSSR count). The minimum absolute atomic E-state index is 0.0424. The van der Waals surface area contributed by atoms with E-state index in [1.54, 1.807) is 24.2 Å². The summed E-state index contributed by atoms with van der Waals surface area (Å²) in [5, 5.41) is 0. The number of ether oxygens (including phenoxy) is 2. The molecule has 0 N–H and O–H groups in total. The smallest absolute Gasteiger partial charge is 0.416 e.